The Balaban J connectivity index is 1.34. The van der Waals surface area contributed by atoms with E-state index in [9.17, 15) is 4.79 Å². The molecule has 2 heterocycles. The van der Waals surface area contributed by atoms with Crippen LogP contribution in [0.4, 0.5) is 0 Å². The van der Waals surface area contributed by atoms with E-state index in [1.165, 1.54) is 22.3 Å². The number of carbonyl (C=O) groups excluding carboxylic acids is 1. The van der Waals surface area contributed by atoms with Gasteiger partial charge in [-0.05, 0) is 72.4 Å². The van der Waals surface area contributed by atoms with Gasteiger partial charge in [0.05, 0.1) is 12.0 Å². The second kappa shape index (κ2) is 9.55. The predicted molar refractivity (Wildman–Crippen MR) is 144 cm³/mol. The van der Waals surface area contributed by atoms with Crippen molar-refractivity contribution in [3.05, 3.63) is 106 Å². The summed E-state index contributed by atoms with van der Waals surface area (Å²) < 4.78 is 1.13. The third-order valence-electron chi connectivity index (χ3n) is 8.77. The average Bonchev–Trinajstić information content (AvgIpc) is 3.32. The molecule has 4 atom stereocenters. The van der Waals surface area contributed by atoms with Crippen LogP contribution in [0.2, 0.25) is 0 Å². The maximum atomic E-state index is 14.5. The Morgan fingerprint density at radius 2 is 1.71 bits per heavy atom. The monoisotopic (exact) mass is 528 g/mol. The van der Waals surface area contributed by atoms with E-state index < -0.39 is 0 Å². The van der Waals surface area contributed by atoms with Gasteiger partial charge < -0.3 is 10.2 Å². The van der Waals surface area contributed by atoms with Crippen LogP contribution < -0.4 is 5.32 Å². The van der Waals surface area contributed by atoms with Crippen molar-refractivity contribution in [3.63, 3.8) is 0 Å². The first-order valence-electron chi connectivity index (χ1n) is 13.1. The number of halogens is 1. The van der Waals surface area contributed by atoms with E-state index >= 15 is 0 Å². The van der Waals surface area contributed by atoms with Gasteiger partial charge in [-0.3, -0.25) is 4.79 Å². The third-order valence-corrected chi connectivity index (χ3v) is 9.26. The first-order chi connectivity index (χ1) is 17.2. The molecule has 3 aromatic rings. The molecule has 0 unspecified atom stereocenters. The van der Waals surface area contributed by atoms with Crippen molar-refractivity contribution in [1.82, 2.24) is 10.2 Å². The molecule has 0 bridgehead atoms. The molecule has 4 heteroatoms. The molecule has 0 aromatic heterocycles. The topological polar surface area (TPSA) is 32.3 Å². The van der Waals surface area contributed by atoms with Gasteiger partial charge in [-0.1, -0.05) is 82.7 Å². The third kappa shape index (κ3) is 4.15. The minimum atomic E-state index is -0.0944. The van der Waals surface area contributed by atoms with Crippen molar-refractivity contribution in [2.75, 3.05) is 19.6 Å². The minimum Gasteiger partial charge on any atom is -0.335 e. The van der Waals surface area contributed by atoms with Gasteiger partial charge in [0.15, 0.2) is 0 Å². The Labute approximate surface area is 217 Å². The number of aryl methyl sites for hydroxylation is 1. The quantitative estimate of drug-likeness (QED) is 0.427. The SMILES string of the molecule is O=C([C@@H]1CNC[C@]12CCCc1cc(Br)ccc12)N1CC[C@@H](c2ccccc2)C[C@H]1c1ccccc1. The Bertz CT molecular complexity index is 1200. The normalized spacial score (nSPS) is 28.1. The number of fused-ring (bicyclic) bond motifs is 2. The molecular formula is C31H33BrN2O. The lowest BCUT2D eigenvalue weighted by atomic mass is 9.64. The number of benzene rings is 3. The molecule has 2 saturated heterocycles. The molecule has 3 aliphatic rings. The number of hydrogen-bond acceptors (Lipinski definition) is 2. The zero-order chi connectivity index (χ0) is 23.8. The summed E-state index contributed by atoms with van der Waals surface area (Å²) in [6.07, 6.45) is 5.34. The summed E-state index contributed by atoms with van der Waals surface area (Å²) in [6, 6.07) is 28.4. The zero-order valence-electron chi connectivity index (χ0n) is 20.1. The van der Waals surface area contributed by atoms with Gasteiger partial charge in [0.25, 0.3) is 0 Å². The maximum Gasteiger partial charge on any atom is 0.228 e. The summed E-state index contributed by atoms with van der Waals surface area (Å²) in [5.41, 5.74) is 5.36. The van der Waals surface area contributed by atoms with E-state index in [-0.39, 0.29) is 17.4 Å². The zero-order valence-corrected chi connectivity index (χ0v) is 21.7. The lowest BCUT2D eigenvalue weighted by Gasteiger charge is -2.45. The van der Waals surface area contributed by atoms with Crippen molar-refractivity contribution in [1.29, 1.82) is 0 Å². The summed E-state index contributed by atoms with van der Waals surface area (Å²) in [5.74, 6) is 0.808. The van der Waals surface area contributed by atoms with Crippen LogP contribution in [0.25, 0.3) is 0 Å². The molecule has 6 rings (SSSR count). The van der Waals surface area contributed by atoms with E-state index in [1.54, 1.807) is 0 Å². The number of nitrogens with zero attached hydrogens (tertiary/aromatic N) is 1. The standard InChI is InChI=1S/C31H33BrN2O/c32-26-13-14-27-25(18-26)12-7-16-31(27)21-33-20-28(31)30(35)34-17-15-24(22-8-3-1-4-9-22)19-29(34)23-10-5-2-6-11-23/h1-6,8-11,13-14,18,24,28-29,33H,7,12,15-17,19-21H2/t24-,28+,29+,31+/m1/s1. The molecule has 1 N–H and O–H groups in total. The Morgan fingerprint density at radius 1 is 0.971 bits per heavy atom. The Hall–Kier alpha value is -2.43. The van der Waals surface area contributed by atoms with Crippen LogP contribution in [0.5, 0.6) is 0 Å². The summed E-state index contributed by atoms with van der Waals surface area (Å²) >= 11 is 3.66. The van der Waals surface area contributed by atoms with Crippen LogP contribution in [-0.4, -0.2) is 30.4 Å². The van der Waals surface area contributed by atoms with Crippen LogP contribution >= 0.6 is 15.9 Å². The van der Waals surface area contributed by atoms with Crippen molar-refractivity contribution >= 4 is 21.8 Å². The second-order valence-electron chi connectivity index (χ2n) is 10.6. The average molecular weight is 530 g/mol. The van der Waals surface area contributed by atoms with E-state index in [0.717, 1.165) is 56.2 Å². The lowest BCUT2D eigenvalue weighted by Crippen LogP contribution is -2.50. The van der Waals surface area contributed by atoms with E-state index in [0.29, 0.717) is 11.8 Å². The first kappa shape index (κ1) is 23.0. The smallest absolute Gasteiger partial charge is 0.228 e. The van der Waals surface area contributed by atoms with Gasteiger partial charge in [-0.15, -0.1) is 0 Å². The molecule has 1 spiro atoms. The van der Waals surface area contributed by atoms with Gasteiger partial charge in [0.1, 0.15) is 0 Å². The molecule has 0 saturated carbocycles. The highest BCUT2D eigenvalue weighted by Crippen LogP contribution is 2.48. The molecule has 3 nitrogen and oxygen atoms in total. The van der Waals surface area contributed by atoms with E-state index in [1.807, 2.05) is 0 Å². The summed E-state index contributed by atoms with van der Waals surface area (Å²) in [4.78, 5) is 16.7. The highest BCUT2D eigenvalue weighted by Gasteiger charge is 2.52. The van der Waals surface area contributed by atoms with Crippen molar-refractivity contribution in [2.24, 2.45) is 5.92 Å². The number of hydrogen-bond donors (Lipinski definition) is 1. The van der Waals surface area contributed by atoms with Crippen molar-refractivity contribution < 1.29 is 4.79 Å². The molecule has 1 aliphatic carbocycles. The summed E-state index contributed by atoms with van der Waals surface area (Å²) in [5, 5.41) is 3.64. The van der Waals surface area contributed by atoms with Crippen LogP contribution in [0, 0.1) is 5.92 Å². The fourth-order valence-electron chi connectivity index (χ4n) is 7.06. The number of rotatable bonds is 3. The molecule has 0 radical (unpaired) electrons. The fourth-order valence-corrected chi connectivity index (χ4v) is 7.47. The maximum absolute atomic E-state index is 14.5. The number of piperidine rings is 1. The van der Waals surface area contributed by atoms with Crippen LogP contribution in [0.1, 0.15) is 59.9 Å². The molecule has 180 valence electrons. The molecule has 1 amide bonds. The number of carbonyl (C=O) groups is 1. The number of amides is 1. The summed E-state index contributed by atoms with van der Waals surface area (Å²) in [7, 11) is 0. The van der Waals surface area contributed by atoms with Crippen molar-refractivity contribution in [3.8, 4) is 0 Å². The number of likely N-dealkylation sites (tertiary alicyclic amines) is 1. The largest absolute Gasteiger partial charge is 0.335 e. The van der Waals surface area contributed by atoms with Crippen LogP contribution in [0.15, 0.2) is 83.3 Å². The van der Waals surface area contributed by atoms with Gasteiger partial charge in [-0.2, -0.15) is 0 Å². The fraction of sp³-hybridized carbons (Fsp3) is 0.387. The molecule has 35 heavy (non-hydrogen) atoms. The van der Waals surface area contributed by atoms with Crippen LogP contribution in [0.3, 0.4) is 0 Å². The van der Waals surface area contributed by atoms with E-state index in [4.69, 9.17) is 0 Å². The molecular weight excluding hydrogens is 496 g/mol. The highest BCUT2D eigenvalue weighted by atomic mass is 79.9. The van der Waals surface area contributed by atoms with Crippen molar-refractivity contribution in [2.45, 2.75) is 49.5 Å². The second-order valence-corrected chi connectivity index (χ2v) is 11.5. The Morgan fingerprint density at radius 3 is 2.49 bits per heavy atom. The first-order valence-corrected chi connectivity index (χ1v) is 13.8. The van der Waals surface area contributed by atoms with Gasteiger partial charge in [0.2, 0.25) is 5.91 Å². The van der Waals surface area contributed by atoms with Crippen LogP contribution in [-0.2, 0) is 16.6 Å². The molecule has 3 aromatic carbocycles. The van der Waals surface area contributed by atoms with E-state index in [2.05, 4.69) is 105 Å². The minimum absolute atomic E-state index is 0.0118. The van der Waals surface area contributed by atoms with Gasteiger partial charge in [0, 0.05) is 29.5 Å². The van der Waals surface area contributed by atoms with Gasteiger partial charge in [-0.25, -0.2) is 0 Å². The molecule has 2 aliphatic heterocycles. The Kier molecular flexibility index (Phi) is 6.28. The summed E-state index contributed by atoms with van der Waals surface area (Å²) in [6.45, 7) is 2.49. The highest BCUT2D eigenvalue weighted by molar-refractivity contribution is 9.10. The number of nitrogens with one attached hydrogen (secondary N) is 1. The molecule has 2 fully saturated rings. The lowest BCUT2D eigenvalue weighted by molar-refractivity contribution is -0.141. The van der Waals surface area contributed by atoms with Gasteiger partial charge >= 0.3 is 0 Å². The predicted octanol–water partition coefficient (Wildman–Crippen LogP) is 6.39.